The van der Waals surface area contributed by atoms with E-state index in [2.05, 4.69) is 0 Å². The van der Waals surface area contributed by atoms with Crippen molar-refractivity contribution in [2.24, 2.45) is 0 Å². The van der Waals surface area contributed by atoms with Crippen molar-refractivity contribution in [1.82, 2.24) is 0 Å². The molecule has 3 aliphatic heterocycles. The maximum atomic E-state index is 14.2. The maximum Gasteiger partial charge on any atom is 0.338 e. The van der Waals surface area contributed by atoms with E-state index in [4.69, 9.17) is 52.1 Å². The molecule has 3 fully saturated rings. The molecule has 0 saturated carbocycles. The van der Waals surface area contributed by atoms with Gasteiger partial charge in [-0.05, 0) is 68.3 Å². The molecule has 1 unspecified atom stereocenters. The molecule has 0 spiro atoms. The van der Waals surface area contributed by atoms with Crippen LogP contribution in [0.5, 0.6) is 0 Å². The van der Waals surface area contributed by atoms with Crippen LogP contribution in [-0.2, 0) is 56.9 Å². The Hall–Kier alpha value is -6.83. The number of esters is 5. The van der Waals surface area contributed by atoms with Crippen LogP contribution < -0.4 is 0 Å². The highest BCUT2D eigenvalue weighted by molar-refractivity contribution is 5.91. The second-order valence-electron chi connectivity index (χ2n) is 18.1. The van der Waals surface area contributed by atoms with Crippen LogP contribution >= 0.6 is 0 Å². The summed E-state index contributed by atoms with van der Waals surface area (Å²) in [5, 5.41) is 12.3. The van der Waals surface area contributed by atoms with Gasteiger partial charge in [0.2, 0.25) is 0 Å². The predicted molar refractivity (Wildman–Crippen MR) is 267 cm³/mol. The van der Waals surface area contributed by atoms with Crippen molar-refractivity contribution in [1.29, 1.82) is 0 Å². The van der Waals surface area contributed by atoms with Crippen LogP contribution in [-0.4, -0.2) is 123 Å². The number of benzene rings is 5. The molecule has 396 valence electrons. The van der Waals surface area contributed by atoms with Crippen molar-refractivity contribution in [3.63, 3.8) is 0 Å². The van der Waals surface area contributed by atoms with E-state index < -0.39 is 98.2 Å². The molecule has 0 bridgehead atoms. The summed E-state index contributed by atoms with van der Waals surface area (Å²) < 4.78 is 68.3. The highest BCUT2D eigenvalue weighted by Gasteiger charge is 2.58. The number of aliphatic hydroxyl groups is 1. The molecule has 17 nitrogen and oxygen atoms in total. The van der Waals surface area contributed by atoms with E-state index in [1.54, 1.807) is 91.9 Å². The maximum absolute atomic E-state index is 14.2. The number of unbranched alkanes of at least 4 members (excludes halogenated alkanes) is 5. The first-order chi connectivity index (χ1) is 36.7. The quantitative estimate of drug-likeness (QED) is 0.0351. The lowest BCUT2D eigenvalue weighted by molar-refractivity contribution is -0.379. The van der Waals surface area contributed by atoms with Crippen molar-refractivity contribution in [2.45, 2.75) is 120 Å². The molecule has 0 amide bonds. The largest absolute Gasteiger partial charge is 0.466 e. The fourth-order valence-corrected chi connectivity index (χ4v) is 8.94. The van der Waals surface area contributed by atoms with Crippen LogP contribution in [0.2, 0.25) is 0 Å². The summed E-state index contributed by atoms with van der Waals surface area (Å²) in [5.41, 5.74) is 1.28. The van der Waals surface area contributed by atoms with Crippen LogP contribution in [0.4, 0.5) is 0 Å². The Morgan fingerprint density at radius 1 is 0.560 bits per heavy atom. The number of hydrogen-bond acceptors (Lipinski definition) is 17. The molecule has 3 saturated heterocycles. The molecule has 0 radical (unpaired) electrons. The minimum absolute atomic E-state index is 0.00928. The molecule has 0 aromatic heterocycles. The Balaban J connectivity index is 1.11. The van der Waals surface area contributed by atoms with Gasteiger partial charge in [0.15, 0.2) is 37.2 Å². The first-order valence-corrected chi connectivity index (χ1v) is 25.4. The van der Waals surface area contributed by atoms with Crippen LogP contribution in [0.25, 0.3) is 0 Å². The smallest absolute Gasteiger partial charge is 0.338 e. The minimum Gasteiger partial charge on any atom is -0.466 e. The summed E-state index contributed by atoms with van der Waals surface area (Å²) in [6.45, 7) is 1.71. The van der Waals surface area contributed by atoms with E-state index in [0.717, 1.165) is 32.1 Å². The van der Waals surface area contributed by atoms with Gasteiger partial charge in [0, 0.05) is 18.6 Å². The summed E-state index contributed by atoms with van der Waals surface area (Å²) in [4.78, 5) is 67.6. The van der Waals surface area contributed by atoms with Gasteiger partial charge in [-0.2, -0.15) is 0 Å². The zero-order valence-corrected chi connectivity index (χ0v) is 41.5. The van der Waals surface area contributed by atoms with Crippen molar-refractivity contribution in [2.75, 3.05) is 26.4 Å². The zero-order valence-electron chi connectivity index (χ0n) is 41.5. The molecule has 8 rings (SSSR count). The fourth-order valence-electron chi connectivity index (χ4n) is 8.94. The number of rotatable bonds is 24. The molecule has 1 N–H and O–H groups in total. The molecule has 5 aromatic carbocycles. The normalized spacial score (nSPS) is 24.5. The Morgan fingerprint density at radius 2 is 1.08 bits per heavy atom. The fraction of sp³-hybridized carbons (Fsp3) is 0.397. The number of carbonyl (C=O) groups is 5. The van der Waals surface area contributed by atoms with E-state index in [1.807, 2.05) is 30.3 Å². The Labute approximate surface area is 435 Å². The number of hydrogen-bond donors (Lipinski definition) is 1. The summed E-state index contributed by atoms with van der Waals surface area (Å²) in [5.74, 6) is -3.51. The van der Waals surface area contributed by atoms with Gasteiger partial charge >= 0.3 is 29.8 Å². The van der Waals surface area contributed by atoms with E-state index in [0.29, 0.717) is 25.0 Å². The van der Waals surface area contributed by atoms with Gasteiger partial charge in [-0.15, -0.1) is 0 Å². The van der Waals surface area contributed by atoms with E-state index >= 15 is 0 Å². The first kappa shape index (κ1) is 54.4. The second-order valence-corrected chi connectivity index (χ2v) is 18.1. The summed E-state index contributed by atoms with van der Waals surface area (Å²) in [6, 6.07) is 41.5. The lowest BCUT2D eigenvalue weighted by Crippen LogP contribution is -2.64. The Bertz CT molecular complexity index is 2570. The van der Waals surface area contributed by atoms with Gasteiger partial charge < -0.3 is 57.2 Å². The summed E-state index contributed by atoms with van der Waals surface area (Å²) >= 11 is 0. The van der Waals surface area contributed by atoms with E-state index in [9.17, 15) is 29.1 Å². The van der Waals surface area contributed by atoms with Crippen LogP contribution in [0.1, 0.15) is 105 Å². The van der Waals surface area contributed by atoms with E-state index in [-0.39, 0.29) is 41.4 Å². The van der Waals surface area contributed by atoms with Gasteiger partial charge in [-0.25, -0.2) is 19.2 Å². The Morgan fingerprint density at radius 3 is 1.67 bits per heavy atom. The third-order valence-corrected chi connectivity index (χ3v) is 12.8. The predicted octanol–water partition coefficient (Wildman–Crippen LogP) is 8.14. The molecule has 3 aliphatic rings. The zero-order chi connectivity index (χ0) is 52.4. The molecule has 5 aromatic rings. The van der Waals surface area contributed by atoms with Crippen molar-refractivity contribution < 1.29 is 81.2 Å². The second kappa shape index (κ2) is 27.6. The molecule has 11 atom stereocenters. The van der Waals surface area contributed by atoms with E-state index in [1.165, 1.54) is 36.4 Å². The third-order valence-electron chi connectivity index (χ3n) is 12.8. The molecule has 17 heteroatoms. The SMILES string of the molecule is CCOC(=O)CCCCCCCCO[C@H]1O[C@@H]2COC(c3ccccc3)O[C@H]2[C@H](O[C@@H]2O[C@@H]([C@@H](COC(=O)c3ccccc3)OC(=O)c3ccccc3)[C@H](OC(=O)c3ccccc3)[C@H]2OC(=O)c2ccccc2)[C@@H]1O. The standard InChI is InChI=1S/C58H62O17/c1-2-65-45(59)34-22-5-3-4-6-23-35-66-57-46(60)49(47-44(70-57)37-68-56(73-47)42-32-20-11-21-33-42)75-58-51(72-55(64)41-30-18-10-19-31-41)50(71-54(63)40-28-16-9-17-29-40)48(74-58)43(69-53(62)39-26-14-8-15-27-39)36-67-52(61)38-24-12-7-13-25-38/h7-21,24-33,43-44,46-51,56-58,60H,2-6,22-23,34-37H2,1H3/t43-,44-,46+,47-,48+,49-,50+,51-,56?,57+,58+/m1/s1. The molecule has 75 heavy (non-hydrogen) atoms. The topological polar surface area (TPSA) is 207 Å². The van der Waals surface area contributed by atoms with Crippen molar-refractivity contribution >= 4 is 29.8 Å². The van der Waals surface area contributed by atoms with Gasteiger partial charge in [-0.1, -0.05) is 129 Å². The van der Waals surface area contributed by atoms with Crippen molar-refractivity contribution in [3.8, 4) is 0 Å². The number of fused-ring (bicyclic) bond motifs is 1. The number of aliphatic hydroxyl groups excluding tert-OH is 1. The van der Waals surface area contributed by atoms with Crippen molar-refractivity contribution in [3.05, 3.63) is 179 Å². The number of ether oxygens (including phenoxy) is 11. The molecule has 0 aliphatic carbocycles. The monoisotopic (exact) mass is 1030 g/mol. The molecular formula is C58H62O17. The number of carbonyl (C=O) groups excluding carboxylic acids is 5. The summed E-state index contributed by atoms with van der Waals surface area (Å²) in [7, 11) is 0. The average Bonchev–Trinajstić information content (AvgIpc) is 3.79. The van der Waals surface area contributed by atoms with Gasteiger partial charge in [-0.3, -0.25) is 4.79 Å². The first-order valence-electron chi connectivity index (χ1n) is 25.4. The Kier molecular flexibility index (Phi) is 20.1. The molecular weight excluding hydrogens is 969 g/mol. The van der Waals surface area contributed by atoms with Gasteiger partial charge in [0.1, 0.15) is 37.1 Å². The minimum atomic E-state index is -1.71. The lowest BCUT2D eigenvalue weighted by Gasteiger charge is -2.48. The van der Waals surface area contributed by atoms with Gasteiger partial charge in [0.25, 0.3) is 0 Å². The summed E-state index contributed by atoms with van der Waals surface area (Å²) in [6.07, 6.45) is -9.89. The average molecular weight is 1030 g/mol. The van der Waals surface area contributed by atoms with Gasteiger partial charge in [0.05, 0.1) is 35.5 Å². The third kappa shape index (κ3) is 14.9. The van der Waals surface area contributed by atoms with Crippen LogP contribution in [0, 0.1) is 0 Å². The highest BCUT2D eigenvalue weighted by Crippen LogP contribution is 2.40. The van der Waals surface area contributed by atoms with Crippen LogP contribution in [0.15, 0.2) is 152 Å². The van der Waals surface area contributed by atoms with Crippen LogP contribution in [0.3, 0.4) is 0 Å². The lowest BCUT2D eigenvalue weighted by atomic mass is 9.97. The molecule has 3 heterocycles. The highest BCUT2D eigenvalue weighted by atomic mass is 16.8.